The molecule has 0 bridgehead atoms. The molecule has 1 aliphatic heterocycles. The van der Waals surface area contributed by atoms with Gasteiger partial charge in [0.1, 0.15) is 0 Å². The van der Waals surface area contributed by atoms with Gasteiger partial charge < -0.3 is 20.3 Å². The summed E-state index contributed by atoms with van der Waals surface area (Å²) in [6, 6.07) is 5.37. The minimum Gasteiger partial charge on any atom is -0.450 e. The molecular formula is C15H19Br2N3O3. The predicted octanol–water partition coefficient (Wildman–Crippen LogP) is 3.95. The van der Waals surface area contributed by atoms with Crippen molar-refractivity contribution in [2.45, 2.75) is 25.8 Å². The molecule has 0 aliphatic carbocycles. The first-order chi connectivity index (χ1) is 11.0. The van der Waals surface area contributed by atoms with Gasteiger partial charge in [-0.05, 0) is 53.9 Å². The fraction of sp³-hybridized carbons (Fsp3) is 0.467. The highest BCUT2D eigenvalue weighted by molar-refractivity contribution is 9.11. The van der Waals surface area contributed by atoms with Crippen LogP contribution in [0, 0.1) is 0 Å². The van der Waals surface area contributed by atoms with E-state index in [0.717, 1.165) is 8.95 Å². The fourth-order valence-electron chi connectivity index (χ4n) is 2.36. The zero-order valence-corrected chi connectivity index (χ0v) is 15.9. The summed E-state index contributed by atoms with van der Waals surface area (Å²) in [5, 5.41) is 5.76. The Kier molecular flexibility index (Phi) is 6.71. The number of ether oxygens (including phenoxy) is 1. The number of nitrogens with one attached hydrogen (secondary N) is 2. The summed E-state index contributed by atoms with van der Waals surface area (Å²) in [6.45, 7) is 3.34. The Morgan fingerprint density at radius 3 is 2.65 bits per heavy atom. The van der Waals surface area contributed by atoms with E-state index < -0.39 is 0 Å². The molecule has 3 amide bonds. The summed E-state index contributed by atoms with van der Waals surface area (Å²) in [5.41, 5.74) is 0.695. The number of carbonyl (C=O) groups is 2. The molecule has 0 saturated carbocycles. The van der Waals surface area contributed by atoms with Crippen molar-refractivity contribution in [2.75, 3.05) is 25.0 Å². The van der Waals surface area contributed by atoms with E-state index in [4.69, 9.17) is 4.74 Å². The SMILES string of the molecule is CCOC(=O)N1CCC(NC(=O)Nc2cc(Br)ccc2Br)CC1. The van der Waals surface area contributed by atoms with Crippen molar-refractivity contribution >= 4 is 49.7 Å². The summed E-state index contributed by atoms with van der Waals surface area (Å²) in [7, 11) is 0. The highest BCUT2D eigenvalue weighted by Crippen LogP contribution is 2.26. The molecule has 0 atom stereocenters. The van der Waals surface area contributed by atoms with E-state index in [-0.39, 0.29) is 18.2 Å². The van der Waals surface area contributed by atoms with Crippen LogP contribution in [0.3, 0.4) is 0 Å². The van der Waals surface area contributed by atoms with Crippen LogP contribution in [-0.2, 0) is 4.74 Å². The number of urea groups is 1. The van der Waals surface area contributed by atoms with E-state index in [1.54, 1.807) is 11.8 Å². The second-order valence-electron chi connectivity index (χ2n) is 5.18. The number of halogens is 2. The standard InChI is InChI=1S/C15H19Br2N3O3/c1-2-23-15(22)20-7-5-11(6-8-20)18-14(21)19-13-9-10(16)3-4-12(13)17/h3-4,9,11H,2,5-8H2,1H3,(H2,18,19,21). The zero-order valence-electron chi connectivity index (χ0n) is 12.8. The number of anilines is 1. The van der Waals surface area contributed by atoms with Crippen LogP contribution in [0.1, 0.15) is 19.8 Å². The zero-order chi connectivity index (χ0) is 16.8. The molecule has 0 radical (unpaired) electrons. The summed E-state index contributed by atoms with van der Waals surface area (Å²) >= 11 is 6.78. The molecule has 1 aliphatic rings. The molecule has 1 saturated heterocycles. The third-order valence-electron chi connectivity index (χ3n) is 3.53. The average molecular weight is 449 g/mol. The van der Waals surface area contributed by atoms with Gasteiger partial charge in [-0.15, -0.1) is 0 Å². The maximum absolute atomic E-state index is 12.1. The molecule has 23 heavy (non-hydrogen) atoms. The minimum absolute atomic E-state index is 0.0478. The summed E-state index contributed by atoms with van der Waals surface area (Å²) in [5.74, 6) is 0. The molecule has 0 aromatic heterocycles. The lowest BCUT2D eigenvalue weighted by Crippen LogP contribution is -2.47. The maximum Gasteiger partial charge on any atom is 0.409 e. The summed E-state index contributed by atoms with van der Waals surface area (Å²) in [4.78, 5) is 25.4. The molecule has 1 heterocycles. The van der Waals surface area contributed by atoms with Crippen LogP contribution in [-0.4, -0.2) is 42.8 Å². The molecule has 2 rings (SSSR count). The van der Waals surface area contributed by atoms with Gasteiger partial charge in [-0.25, -0.2) is 9.59 Å². The van der Waals surface area contributed by atoms with E-state index in [1.807, 2.05) is 18.2 Å². The van der Waals surface area contributed by atoms with E-state index in [1.165, 1.54) is 0 Å². The van der Waals surface area contributed by atoms with Gasteiger partial charge in [-0.2, -0.15) is 0 Å². The molecule has 0 unspecified atom stereocenters. The molecule has 1 fully saturated rings. The first-order valence-corrected chi connectivity index (χ1v) is 9.02. The van der Waals surface area contributed by atoms with Gasteiger partial charge in [0.2, 0.25) is 0 Å². The van der Waals surface area contributed by atoms with Crippen LogP contribution in [0.25, 0.3) is 0 Å². The Labute approximate surface area is 152 Å². The number of amides is 3. The topological polar surface area (TPSA) is 70.7 Å². The van der Waals surface area contributed by atoms with Crippen LogP contribution < -0.4 is 10.6 Å². The minimum atomic E-state index is -0.284. The Balaban J connectivity index is 1.81. The highest BCUT2D eigenvalue weighted by atomic mass is 79.9. The summed E-state index contributed by atoms with van der Waals surface area (Å²) < 4.78 is 6.68. The maximum atomic E-state index is 12.1. The van der Waals surface area contributed by atoms with Gasteiger partial charge >= 0.3 is 12.1 Å². The van der Waals surface area contributed by atoms with E-state index in [0.29, 0.717) is 38.2 Å². The lowest BCUT2D eigenvalue weighted by Gasteiger charge is -2.31. The summed E-state index contributed by atoms with van der Waals surface area (Å²) in [6.07, 6.45) is 1.14. The van der Waals surface area contributed by atoms with Crippen LogP contribution >= 0.6 is 31.9 Å². The second kappa shape index (κ2) is 8.54. The molecule has 1 aromatic rings. The monoisotopic (exact) mass is 447 g/mol. The van der Waals surface area contributed by atoms with Crippen LogP contribution in [0.2, 0.25) is 0 Å². The Bertz CT molecular complexity index is 575. The van der Waals surface area contributed by atoms with E-state index >= 15 is 0 Å². The third-order valence-corrected chi connectivity index (χ3v) is 4.72. The van der Waals surface area contributed by atoms with Gasteiger partial charge in [-0.1, -0.05) is 15.9 Å². The predicted molar refractivity (Wildman–Crippen MR) is 95.6 cm³/mol. The first-order valence-electron chi connectivity index (χ1n) is 7.44. The number of hydrogen-bond donors (Lipinski definition) is 2. The average Bonchev–Trinajstić information content (AvgIpc) is 2.52. The number of rotatable bonds is 3. The quantitative estimate of drug-likeness (QED) is 0.735. The Hall–Kier alpha value is -1.28. The lowest BCUT2D eigenvalue weighted by atomic mass is 10.1. The van der Waals surface area contributed by atoms with Crippen LogP contribution in [0.5, 0.6) is 0 Å². The number of benzene rings is 1. The number of nitrogens with zero attached hydrogens (tertiary/aromatic N) is 1. The van der Waals surface area contributed by atoms with Crippen LogP contribution in [0.15, 0.2) is 27.1 Å². The van der Waals surface area contributed by atoms with Crippen molar-refractivity contribution in [3.63, 3.8) is 0 Å². The van der Waals surface area contributed by atoms with Gasteiger partial charge in [-0.3, -0.25) is 0 Å². The third kappa shape index (κ3) is 5.39. The van der Waals surface area contributed by atoms with Crippen LogP contribution in [0.4, 0.5) is 15.3 Å². The Morgan fingerprint density at radius 2 is 2.00 bits per heavy atom. The van der Waals surface area contributed by atoms with Crippen molar-refractivity contribution in [3.8, 4) is 0 Å². The lowest BCUT2D eigenvalue weighted by molar-refractivity contribution is 0.0959. The van der Waals surface area contributed by atoms with Gasteiger partial charge in [0.05, 0.1) is 12.3 Å². The molecule has 6 nitrogen and oxygen atoms in total. The van der Waals surface area contributed by atoms with Crippen molar-refractivity contribution in [2.24, 2.45) is 0 Å². The molecule has 8 heteroatoms. The van der Waals surface area contributed by atoms with Crippen molar-refractivity contribution in [1.82, 2.24) is 10.2 Å². The number of likely N-dealkylation sites (tertiary alicyclic amines) is 1. The van der Waals surface area contributed by atoms with E-state index in [2.05, 4.69) is 42.5 Å². The molecular weight excluding hydrogens is 430 g/mol. The molecule has 2 N–H and O–H groups in total. The molecule has 126 valence electrons. The van der Waals surface area contributed by atoms with E-state index in [9.17, 15) is 9.59 Å². The normalized spacial score (nSPS) is 15.2. The molecule has 1 aromatic carbocycles. The van der Waals surface area contributed by atoms with Crippen molar-refractivity contribution in [1.29, 1.82) is 0 Å². The fourth-order valence-corrected chi connectivity index (χ4v) is 3.07. The highest BCUT2D eigenvalue weighted by Gasteiger charge is 2.24. The largest absolute Gasteiger partial charge is 0.450 e. The van der Waals surface area contributed by atoms with Crippen molar-refractivity contribution < 1.29 is 14.3 Å². The van der Waals surface area contributed by atoms with Gasteiger partial charge in [0.25, 0.3) is 0 Å². The molecule has 0 spiro atoms. The number of piperidine rings is 1. The van der Waals surface area contributed by atoms with Gasteiger partial charge in [0.15, 0.2) is 0 Å². The number of hydrogen-bond acceptors (Lipinski definition) is 3. The van der Waals surface area contributed by atoms with Crippen molar-refractivity contribution in [3.05, 3.63) is 27.1 Å². The smallest absolute Gasteiger partial charge is 0.409 e. The van der Waals surface area contributed by atoms with Gasteiger partial charge in [0, 0.05) is 28.1 Å². The Morgan fingerprint density at radius 1 is 1.30 bits per heavy atom. The second-order valence-corrected chi connectivity index (χ2v) is 6.95. The first kappa shape index (κ1) is 18.1. The number of carbonyl (C=O) groups excluding carboxylic acids is 2.